The van der Waals surface area contributed by atoms with E-state index in [0.29, 0.717) is 5.89 Å². The van der Waals surface area contributed by atoms with Gasteiger partial charge in [-0.1, -0.05) is 6.07 Å². The lowest BCUT2D eigenvalue weighted by molar-refractivity contribution is 0.561. The van der Waals surface area contributed by atoms with Crippen molar-refractivity contribution < 1.29 is 4.42 Å². The molecule has 0 unspecified atom stereocenters. The van der Waals surface area contributed by atoms with Crippen molar-refractivity contribution in [1.29, 1.82) is 0 Å². The van der Waals surface area contributed by atoms with E-state index >= 15 is 0 Å². The van der Waals surface area contributed by atoms with Crippen LogP contribution in [0.15, 0.2) is 40.9 Å². The number of aromatic nitrogens is 3. The Labute approximate surface area is 119 Å². The zero-order valence-electron chi connectivity index (χ0n) is 10.8. The van der Waals surface area contributed by atoms with Gasteiger partial charge < -0.3 is 4.42 Å². The number of thiazole rings is 1. The summed E-state index contributed by atoms with van der Waals surface area (Å²) in [6, 6.07) is 10.1. The van der Waals surface area contributed by atoms with E-state index in [2.05, 4.69) is 21.0 Å². The standard InChI is InChI=1S/C15H11N3OS/c1-9-17-11-5-4-10(7-12(11)19-9)8-14-18-15-13(20-14)3-2-6-16-15/h2-7H,8H2,1H3. The summed E-state index contributed by atoms with van der Waals surface area (Å²) in [4.78, 5) is 13.1. The van der Waals surface area contributed by atoms with Crippen molar-refractivity contribution in [2.75, 3.05) is 0 Å². The van der Waals surface area contributed by atoms with Crippen LogP contribution in [-0.4, -0.2) is 15.0 Å². The van der Waals surface area contributed by atoms with Gasteiger partial charge in [-0.15, -0.1) is 11.3 Å². The van der Waals surface area contributed by atoms with Gasteiger partial charge in [0, 0.05) is 19.5 Å². The van der Waals surface area contributed by atoms with Crippen LogP contribution < -0.4 is 0 Å². The Morgan fingerprint density at radius 2 is 2.15 bits per heavy atom. The maximum absolute atomic E-state index is 5.56. The van der Waals surface area contributed by atoms with Gasteiger partial charge in [0.1, 0.15) is 10.5 Å². The Hall–Kier alpha value is -2.27. The van der Waals surface area contributed by atoms with E-state index in [4.69, 9.17) is 4.42 Å². The molecular formula is C15H11N3OS. The molecule has 4 rings (SSSR count). The van der Waals surface area contributed by atoms with Gasteiger partial charge in [-0.25, -0.2) is 15.0 Å². The molecule has 5 heteroatoms. The summed E-state index contributed by atoms with van der Waals surface area (Å²) < 4.78 is 6.69. The number of benzene rings is 1. The highest BCUT2D eigenvalue weighted by Gasteiger charge is 2.07. The van der Waals surface area contributed by atoms with E-state index in [9.17, 15) is 0 Å². The Bertz CT molecular complexity index is 877. The van der Waals surface area contributed by atoms with Gasteiger partial charge in [0.25, 0.3) is 0 Å². The maximum atomic E-state index is 5.56. The lowest BCUT2D eigenvalue weighted by Crippen LogP contribution is -1.86. The molecule has 0 aliphatic rings. The summed E-state index contributed by atoms with van der Waals surface area (Å²) in [5.74, 6) is 0.696. The predicted molar refractivity (Wildman–Crippen MR) is 79.0 cm³/mol. The smallest absolute Gasteiger partial charge is 0.192 e. The molecule has 98 valence electrons. The van der Waals surface area contributed by atoms with Gasteiger partial charge in [-0.3, -0.25) is 0 Å². The predicted octanol–water partition coefficient (Wildman–Crippen LogP) is 3.73. The summed E-state index contributed by atoms with van der Waals surface area (Å²) in [5, 5.41) is 1.06. The zero-order valence-corrected chi connectivity index (χ0v) is 11.6. The molecule has 0 fully saturated rings. The first-order valence-electron chi connectivity index (χ1n) is 6.34. The third-order valence-corrected chi connectivity index (χ3v) is 4.13. The minimum Gasteiger partial charge on any atom is -0.441 e. The molecule has 1 aromatic carbocycles. The average molecular weight is 281 g/mol. The molecular weight excluding hydrogens is 270 g/mol. The molecule has 0 saturated carbocycles. The van der Waals surface area contributed by atoms with Gasteiger partial charge in [-0.05, 0) is 29.8 Å². The maximum Gasteiger partial charge on any atom is 0.192 e. The fourth-order valence-corrected chi connectivity index (χ4v) is 3.22. The van der Waals surface area contributed by atoms with Crippen LogP contribution in [0.3, 0.4) is 0 Å². The van der Waals surface area contributed by atoms with Crippen LogP contribution in [0.4, 0.5) is 0 Å². The summed E-state index contributed by atoms with van der Waals surface area (Å²) in [6.07, 6.45) is 2.56. The number of aryl methyl sites for hydroxylation is 1. The summed E-state index contributed by atoms with van der Waals surface area (Å²) in [6.45, 7) is 1.86. The lowest BCUT2D eigenvalue weighted by atomic mass is 10.1. The number of pyridine rings is 1. The van der Waals surface area contributed by atoms with Crippen molar-refractivity contribution >= 4 is 32.8 Å². The zero-order chi connectivity index (χ0) is 13.5. The van der Waals surface area contributed by atoms with Crippen molar-refractivity contribution in [1.82, 2.24) is 15.0 Å². The van der Waals surface area contributed by atoms with Crippen LogP contribution in [0.5, 0.6) is 0 Å². The van der Waals surface area contributed by atoms with Crippen LogP contribution in [0.1, 0.15) is 16.5 Å². The molecule has 3 heterocycles. The number of hydrogen-bond donors (Lipinski definition) is 0. The molecule has 4 aromatic rings. The van der Waals surface area contributed by atoms with Crippen molar-refractivity contribution in [3.05, 3.63) is 53.0 Å². The fourth-order valence-electron chi connectivity index (χ4n) is 2.26. The summed E-state index contributed by atoms with van der Waals surface area (Å²) >= 11 is 1.68. The number of fused-ring (bicyclic) bond motifs is 2. The molecule has 3 aromatic heterocycles. The lowest BCUT2D eigenvalue weighted by Gasteiger charge is -1.96. The first-order chi connectivity index (χ1) is 9.78. The van der Waals surface area contributed by atoms with Crippen molar-refractivity contribution in [3.8, 4) is 0 Å². The van der Waals surface area contributed by atoms with Crippen LogP contribution >= 0.6 is 11.3 Å². The van der Waals surface area contributed by atoms with Crippen LogP contribution in [-0.2, 0) is 6.42 Å². The molecule has 0 aliphatic carbocycles. The second-order valence-corrected chi connectivity index (χ2v) is 5.76. The quantitative estimate of drug-likeness (QED) is 0.561. The molecule has 20 heavy (non-hydrogen) atoms. The van der Waals surface area contributed by atoms with E-state index in [-0.39, 0.29) is 0 Å². The van der Waals surface area contributed by atoms with Crippen LogP contribution in [0.2, 0.25) is 0 Å². The molecule has 0 bridgehead atoms. The van der Waals surface area contributed by atoms with Crippen molar-refractivity contribution in [2.24, 2.45) is 0 Å². The van der Waals surface area contributed by atoms with E-state index in [1.165, 1.54) is 5.56 Å². The Balaban J connectivity index is 1.72. The molecule has 0 atom stereocenters. The van der Waals surface area contributed by atoms with Crippen molar-refractivity contribution in [2.45, 2.75) is 13.3 Å². The normalized spacial score (nSPS) is 11.4. The van der Waals surface area contributed by atoms with Gasteiger partial charge in [-0.2, -0.15) is 0 Å². The number of nitrogens with zero attached hydrogens (tertiary/aromatic N) is 3. The summed E-state index contributed by atoms with van der Waals surface area (Å²) in [7, 11) is 0. The Kier molecular flexibility index (Phi) is 2.53. The Morgan fingerprint density at radius 1 is 1.20 bits per heavy atom. The second-order valence-electron chi connectivity index (χ2n) is 4.64. The molecule has 4 nitrogen and oxygen atoms in total. The minimum atomic E-state index is 0.696. The largest absolute Gasteiger partial charge is 0.441 e. The van der Waals surface area contributed by atoms with Gasteiger partial charge in [0.2, 0.25) is 0 Å². The molecule has 0 amide bonds. The summed E-state index contributed by atoms with van der Waals surface area (Å²) in [5.41, 5.74) is 3.73. The molecule has 0 radical (unpaired) electrons. The van der Waals surface area contributed by atoms with E-state index in [1.807, 2.05) is 31.2 Å². The van der Waals surface area contributed by atoms with Crippen molar-refractivity contribution in [3.63, 3.8) is 0 Å². The highest BCUT2D eigenvalue weighted by atomic mass is 32.1. The molecule has 0 aliphatic heterocycles. The topological polar surface area (TPSA) is 51.8 Å². The monoisotopic (exact) mass is 281 g/mol. The molecule has 0 spiro atoms. The highest BCUT2D eigenvalue weighted by molar-refractivity contribution is 7.18. The SMILES string of the molecule is Cc1nc2ccc(Cc3nc4ncccc4s3)cc2o1. The number of oxazole rings is 1. The third kappa shape index (κ3) is 1.96. The van der Waals surface area contributed by atoms with E-state index in [0.717, 1.165) is 32.9 Å². The third-order valence-electron chi connectivity index (χ3n) is 3.12. The number of hydrogen-bond acceptors (Lipinski definition) is 5. The second kappa shape index (κ2) is 4.38. The van der Waals surface area contributed by atoms with E-state index in [1.54, 1.807) is 17.5 Å². The van der Waals surface area contributed by atoms with Gasteiger partial charge in [0.05, 0.1) is 4.70 Å². The highest BCUT2D eigenvalue weighted by Crippen LogP contribution is 2.24. The van der Waals surface area contributed by atoms with Crippen LogP contribution in [0, 0.1) is 6.92 Å². The van der Waals surface area contributed by atoms with Gasteiger partial charge >= 0.3 is 0 Å². The van der Waals surface area contributed by atoms with Gasteiger partial charge in [0.15, 0.2) is 17.1 Å². The fraction of sp³-hybridized carbons (Fsp3) is 0.133. The Morgan fingerprint density at radius 3 is 3.05 bits per heavy atom. The number of rotatable bonds is 2. The molecule has 0 saturated heterocycles. The average Bonchev–Trinajstić information content (AvgIpc) is 2.99. The minimum absolute atomic E-state index is 0.696. The first-order valence-corrected chi connectivity index (χ1v) is 7.16. The van der Waals surface area contributed by atoms with E-state index < -0.39 is 0 Å². The first kappa shape index (κ1) is 11.5. The molecule has 0 N–H and O–H groups in total. The van der Waals surface area contributed by atoms with Crippen LogP contribution in [0.25, 0.3) is 21.4 Å².